The van der Waals surface area contributed by atoms with Crippen LogP contribution >= 0.6 is 11.3 Å². The van der Waals surface area contributed by atoms with Gasteiger partial charge in [0.2, 0.25) is 0 Å². The molecule has 0 saturated carbocycles. The van der Waals surface area contributed by atoms with Gasteiger partial charge in [0, 0.05) is 0 Å². The van der Waals surface area contributed by atoms with Gasteiger partial charge < -0.3 is 9.47 Å². The summed E-state index contributed by atoms with van der Waals surface area (Å²) >= 11 is 1.09. The smallest absolute Gasteiger partial charge is 0.348 e. The van der Waals surface area contributed by atoms with Gasteiger partial charge in [0.1, 0.15) is 15.7 Å². The van der Waals surface area contributed by atoms with Crippen molar-refractivity contribution in [3.05, 3.63) is 27.1 Å². The fraction of sp³-hybridized carbons (Fsp3) is 0.385. The molecule has 0 spiro atoms. The fourth-order valence-electron chi connectivity index (χ4n) is 1.98. The van der Waals surface area contributed by atoms with E-state index in [-0.39, 0.29) is 5.56 Å². The molecule has 0 aromatic carbocycles. The van der Waals surface area contributed by atoms with Gasteiger partial charge in [-0.2, -0.15) is 0 Å². The van der Waals surface area contributed by atoms with Crippen LogP contribution in [0.3, 0.4) is 0 Å². The first-order valence-electron chi connectivity index (χ1n) is 6.08. The van der Waals surface area contributed by atoms with E-state index in [2.05, 4.69) is 14.5 Å². The van der Waals surface area contributed by atoms with E-state index in [1.165, 1.54) is 25.1 Å². The summed E-state index contributed by atoms with van der Waals surface area (Å²) in [5.74, 6) is -1.05. The molecule has 0 aliphatic carbocycles. The molecule has 0 aliphatic heterocycles. The van der Waals surface area contributed by atoms with Crippen LogP contribution in [0.25, 0.3) is 10.2 Å². The van der Waals surface area contributed by atoms with Gasteiger partial charge in [0.25, 0.3) is 5.56 Å². The van der Waals surface area contributed by atoms with E-state index in [0.717, 1.165) is 11.3 Å². The van der Waals surface area contributed by atoms with Crippen LogP contribution in [0.5, 0.6) is 0 Å². The Balaban J connectivity index is 2.68. The number of hydrogen-bond acceptors (Lipinski definition) is 7. The first-order valence-corrected chi connectivity index (χ1v) is 6.90. The lowest BCUT2D eigenvalue weighted by Gasteiger charge is -2.11. The monoisotopic (exact) mass is 310 g/mol. The summed E-state index contributed by atoms with van der Waals surface area (Å²) in [5, 5.41) is 0.318. The predicted molar refractivity (Wildman–Crippen MR) is 76.7 cm³/mol. The fourth-order valence-corrected chi connectivity index (χ4v) is 3.04. The highest BCUT2D eigenvalue weighted by atomic mass is 32.1. The zero-order valence-electron chi connectivity index (χ0n) is 12.0. The molecule has 0 saturated heterocycles. The molecule has 2 aromatic rings. The Bertz CT molecular complexity index is 777. The lowest BCUT2D eigenvalue weighted by molar-refractivity contribution is -0.144. The number of methoxy groups -OCH3 is 2. The molecule has 0 fully saturated rings. The third-order valence-corrected chi connectivity index (χ3v) is 4.39. The van der Waals surface area contributed by atoms with E-state index in [0.29, 0.717) is 20.7 Å². The molecule has 1 atom stereocenters. The first-order chi connectivity index (χ1) is 9.92. The van der Waals surface area contributed by atoms with Crippen molar-refractivity contribution in [2.24, 2.45) is 0 Å². The van der Waals surface area contributed by atoms with Crippen LogP contribution in [0.4, 0.5) is 0 Å². The third kappa shape index (κ3) is 2.42. The number of nitrogens with zero attached hydrogens (tertiary/aromatic N) is 2. The van der Waals surface area contributed by atoms with Gasteiger partial charge in [-0.15, -0.1) is 11.3 Å². The second kappa shape index (κ2) is 5.65. The molecular formula is C13H14N2O5S. The Labute approximate surface area is 124 Å². The minimum absolute atomic E-state index is 0.318. The van der Waals surface area contributed by atoms with E-state index >= 15 is 0 Å². The number of carbonyl (C=O) groups is 2. The summed E-state index contributed by atoms with van der Waals surface area (Å²) in [6.45, 7) is 3.20. The normalized spacial score (nSPS) is 12.2. The van der Waals surface area contributed by atoms with E-state index in [1.54, 1.807) is 13.8 Å². The lowest BCUT2D eigenvalue weighted by atomic mass is 10.2. The molecule has 2 rings (SSSR count). The summed E-state index contributed by atoms with van der Waals surface area (Å²) in [7, 11) is 2.53. The third-order valence-electron chi connectivity index (χ3n) is 3.21. The van der Waals surface area contributed by atoms with E-state index in [9.17, 15) is 14.4 Å². The maximum absolute atomic E-state index is 12.5. The van der Waals surface area contributed by atoms with Crippen molar-refractivity contribution in [3.8, 4) is 0 Å². The molecule has 0 amide bonds. The second-order valence-corrected chi connectivity index (χ2v) is 5.38. The minimum atomic E-state index is -0.791. The molecule has 2 heterocycles. The number of rotatable bonds is 3. The van der Waals surface area contributed by atoms with E-state index in [4.69, 9.17) is 0 Å². The summed E-state index contributed by atoms with van der Waals surface area (Å²) in [6.07, 6.45) is 1.28. The van der Waals surface area contributed by atoms with Gasteiger partial charge in [-0.25, -0.2) is 14.6 Å². The van der Waals surface area contributed by atoms with Gasteiger partial charge in [0.15, 0.2) is 0 Å². The molecule has 0 aliphatic rings. The number of fused-ring (bicyclic) bond motifs is 1. The Hall–Kier alpha value is -2.22. The van der Waals surface area contributed by atoms with Crippen molar-refractivity contribution in [2.75, 3.05) is 14.2 Å². The maximum Gasteiger partial charge on any atom is 0.348 e. The zero-order chi connectivity index (χ0) is 15.7. The second-order valence-electron chi connectivity index (χ2n) is 4.38. The van der Waals surface area contributed by atoms with Crippen molar-refractivity contribution in [3.63, 3.8) is 0 Å². The number of thiophene rings is 1. The van der Waals surface area contributed by atoms with Crippen LogP contribution in [0, 0.1) is 6.92 Å². The van der Waals surface area contributed by atoms with Crippen molar-refractivity contribution in [1.82, 2.24) is 9.55 Å². The molecule has 0 N–H and O–H groups in total. The number of hydrogen-bond donors (Lipinski definition) is 0. The van der Waals surface area contributed by atoms with Crippen LogP contribution < -0.4 is 5.56 Å². The highest BCUT2D eigenvalue weighted by Gasteiger charge is 2.23. The van der Waals surface area contributed by atoms with E-state index in [1.807, 2.05) is 0 Å². The summed E-state index contributed by atoms with van der Waals surface area (Å²) in [4.78, 5) is 40.6. The highest BCUT2D eigenvalue weighted by molar-refractivity contribution is 7.20. The number of esters is 2. The minimum Gasteiger partial charge on any atom is -0.467 e. The predicted octanol–water partition coefficient (Wildman–Crippen LogP) is 1.29. The lowest BCUT2D eigenvalue weighted by Crippen LogP contribution is -2.29. The quantitative estimate of drug-likeness (QED) is 0.794. The largest absolute Gasteiger partial charge is 0.467 e. The van der Waals surface area contributed by atoms with E-state index < -0.39 is 18.0 Å². The van der Waals surface area contributed by atoms with Gasteiger partial charge >= 0.3 is 11.9 Å². The molecule has 8 heteroatoms. The number of ether oxygens (including phenoxy) is 2. The van der Waals surface area contributed by atoms with Gasteiger partial charge in [-0.05, 0) is 19.4 Å². The van der Waals surface area contributed by atoms with Crippen molar-refractivity contribution >= 4 is 33.5 Å². The summed E-state index contributed by atoms with van der Waals surface area (Å²) < 4.78 is 10.5. The molecule has 112 valence electrons. The van der Waals surface area contributed by atoms with Gasteiger partial charge in [0.05, 0.1) is 25.9 Å². The van der Waals surface area contributed by atoms with Crippen LogP contribution in [0.2, 0.25) is 0 Å². The first kappa shape index (κ1) is 15.2. The average molecular weight is 310 g/mol. The Morgan fingerprint density at radius 1 is 1.33 bits per heavy atom. The average Bonchev–Trinajstić information content (AvgIpc) is 2.83. The van der Waals surface area contributed by atoms with Gasteiger partial charge in [-0.3, -0.25) is 9.36 Å². The van der Waals surface area contributed by atoms with Gasteiger partial charge in [-0.1, -0.05) is 0 Å². The van der Waals surface area contributed by atoms with Crippen LogP contribution in [-0.2, 0) is 14.3 Å². The van der Waals surface area contributed by atoms with Crippen LogP contribution in [0.1, 0.15) is 28.2 Å². The summed E-state index contributed by atoms with van der Waals surface area (Å²) in [5.41, 5.74) is 0.118. The zero-order valence-corrected chi connectivity index (χ0v) is 12.8. The molecular weight excluding hydrogens is 296 g/mol. The molecule has 7 nitrogen and oxygen atoms in total. The molecule has 21 heavy (non-hydrogen) atoms. The van der Waals surface area contributed by atoms with Crippen molar-refractivity contribution in [1.29, 1.82) is 0 Å². The van der Waals surface area contributed by atoms with Crippen LogP contribution in [0.15, 0.2) is 11.1 Å². The highest BCUT2D eigenvalue weighted by Crippen LogP contribution is 2.27. The maximum atomic E-state index is 12.5. The summed E-state index contributed by atoms with van der Waals surface area (Å²) in [6, 6.07) is -0.791. The Morgan fingerprint density at radius 2 is 2.00 bits per heavy atom. The topological polar surface area (TPSA) is 87.5 Å². The number of aromatic nitrogens is 2. The number of aryl methyl sites for hydroxylation is 1. The SMILES string of the molecule is COC(=O)c1sc2ncn(C(C)C(=O)OC)c(=O)c2c1C. The van der Waals surface area contributed by atoms with Crippen molar-refractivity contribution < 1.29 is 19.1 Å². The molecule has 2 aromatic heterocycles. The molecule has 0 radical (unpaired) electrons. The van der Waals surface area contributed by atoms with Crippen molar-refractivity contribution in [2.45, 2.75) is 19.9 Å². The Kier molecular flexibility index (Phi) is 4.08. The standard InChI is InChI=1S/C13H14N2O5S/c1-6-8-10(21-9(6)13(18)20-4)14-5-15(11(8)16)7(2)12(17)19-3/h5,7H,1-4H3. The van der Waals surface area contributed by atoms with Crippen LogP contribution in [-0.4, -0.2) is 35.7 Å². The molecule has 0 bridgehead atoms. The Morgan fingerprint density at radius 3 is 2.57 bits per heavy atom. The molecule has 1 unspecified atom stereocenters. The number of carbonyl (C=O) groups excluding carboxylic acids is 2.